The molecule has 23 heavy (non-hydrogen) atoms. The lowest BCUT2D eigenvalue weighted by molar-refractivity contribution is -0.336. The van der Waals surface area contributed by atoms with E-state index in [0.29, 0.717) is 5.56 Å². The molecule has 0 aliphatic carbocycles. The van der Waals surface area contributed by atoms with Gasteiger partial charge in [0.25, 0.3) is 0 Å². The predicted molar refractivity (Wildman–Crippen MR) is 82.4 cm³/mol. The second-order valence-electron chi connectivity index (χ2n) is 5.79. The molecule has 1 heterocycles. The summed E-state index contributed by atoms with van der Waals surface area (Å²) in [5.74, 6) is -1.57. The molecule has 4 atom stereocenters. The van der Waals surface area contributed by atoms with Gasteiger partial charge in [0.1, 0.15) is 24.4 Å². The van der Waals surface area contributed by atoms with Crippen LogP contribution in [0.25, 0.3) is 0 Å². The second kappa shape index (κ2) is 7.23. The molecular formula is C17H22O6. The van der Waals surface area contributed by atoms with Crippen molar-refractivity contribution in [1.29, 1.82) is 0 Å². The van der Waals surface area contributed by atoms with Crippen molar-refractivity contribution < 1.29 is 29.2 Å². The number of rotatable bonds is 4. The quantitative estimate of drug-likeness (QED) is 0.642. The molecule has 126 valence electrons. The Labute approximate surface area is 135 Å². The van der Waals surface area contributed by atoms with Crippen molar-refractivity contribution >= 4 is 5.97 Å². The van der Waals surface area contributed by atoms with Gasteiger partial charge < -0.3 is 24.4 Å². The SMILES string of the molecule is COC(=O)/C=C\[C@@H]1OC(C)(C)O[C@H]([C@@H](O)c2ccccc2)[C@@H]1O. The Morgan fingerprint density at radius 1 is 1.30 bits per heavy atom. The van der Waals surface area contributed by atoms with Crippen LogP contribution in [-0.2, 0) is 19.0 Å². The molecule has 0 unspecified atom stereocenters. The van der Waals surface area contributed by atoms with Gasteiger partial charge in [-0.15, -0.1) is 0 Å². The van der Waals surface area contributed by atoms with Crippen molar-refractivity contribution in [3.05, 3.63) is 48.0 Å². The molecule has 2 N–H and O–H groups in total. The van der Waals surface area contributed by atoms with Crippen LogP contribution in [0, 0.1) is 0 Å². The Hall–Kier alpha value is -1.73. The Morgan fingerprint density at radius 3 is 2.57 bits per heavy atom. The van der Waals surface area contributed by atoms with E-state index < -0.39 is 36.2 Å². The minimum absolute atomic E-state index is 0.551. The Balaban J connectivity index is 2.21. The fourth-order valence-corrected chi connectivity index (χ4v) is 2.50. The highest BCUT2D eigenvalue weighted by atomic mass is 16.7. The standard InChI is InChI=1S/C17H22O6/c1-17(2)22-12(9-10-13(18)21-3)15(20)16(23-17)14(19)11-7-5-4-6-8-11/h4-10,12,14-16,19-20H,1-3H3/b10-9-/t12-,14-,15+,16+/m0/s1. The summed E-state index contributed by atoms with van der Waals surface area (Å²) < 4.78 is 15.8. The summed E-state index contributed by atoms with van der Waals surface area (Å²) in [6.07, 6.45) is -1.27. The molecule has 1 fully saturated rings. The summed E-state index contributed by atoms with van der Waals surface area (Å²) in [5, 5.41) is 21.0. The molecule has 2 rings (SSSR count). The molecule has 1 aliphatic heterocycles. The van der Waals surface area contributed by atoms with Gasteiger partial charge in [0, 0.05) is 6.08 Å². The number of hydrogen-bond acceptors (Lipinski definition) is 6. The molecule has 0 saturated carbocycles. The lowest BCUT2D eigenvalue weighted by Gasteiger charge is -2.44. The molecule has 1 aromatic carbocycles. The lowest BCUT2D eigenvalue weighted by Crippen LogP contribution is -2.55. The third-order valence-corrected chi connectivity index (χ3v) is 3.59. The molecule has 0 aromatic heterocycles. The van der Waals surface area contributed by atoms with E-state index in [1.165, 1.54) is 19.3 Å². The normalized spacial score (nSPS) is 28.5. The molecule has 0 spiro atoms. The summed E-state index contributed by atoms with van der Waals surface area (Å²) in [6, 6.07) is 8.93. The van der Waals surface area contributed by atoms with Gasteiger partial charge >= 0.3 is 5.97 Å². The van der Waals surface area contributed by atoms with Crippen molar-refractivity contribution in [3.63, 3.8) is 0 Å². The average Bonchev–Trinajstić information content (AvgIpc) is 2.55. The van der Waals surface area contributed by atoms with Crippen molar-refractivity contribution in [3.8, 4) is 0 Å². The van der Waals surface area contributed by atoms with Crippen LogP contribution in [0.2, 0.25) is 0 Å². The second-order valence-corrected chi connectivity index (χ2v) is 5.79. The minimum atomic E-state index is -1.14. The fourth-order valence-electron chi connectivity index (χ4n) is 2.50. The number of methoxy groups -OCH3 is 1. The predicted octanol–water partition coefficient (Wildman–Crippen LogP) is 1.33. The van der Waals surface area contributed by atoms with Crippen molar-refractivity contribution in [1.82, 2.24) is 0 Å². The molecule has 0 radical (unpaired) electrons. The maximum Gasteiger partial charge on any atom is 0.330 e. The van der Waals surface area contributed by atoms with Gasteiger partial charge in [-0.05, 0) is 25.5 Å². The smallest absolute Gasteiger partial charge is 0.330 e. The maximum atomic E-state index is 11.2. The first kappa shape index (κ1) is 17.6. The summed E-state index contributed by atoms with van der Waals surface area (Å²) in [4.78, 5) is 11.2. The average molecular weight is 322 g/mol. The zero-order valence-electron chi connectivity index (χ0n) is 13.4. The van der Waals surface area contributed by atoms with E-state index in [-0.39, 0.29) is 0 Å². The zero-order chi connectivity index (χ0) is 17.0. The third-order valence-electron chi connectivity index (χ3n) is 3.59. The fraction of sp³-hybridized carbons (Fsp3) is 0.471. The molecule has 1 aliphatic rings. The van der Waals surface area contributed by atoms with E-state index in [2.05, 4.69) is 4.74 Å². The zero-order valence-corrected chi connectivity index (χ0v) is 13.4. The number of carbonyl (C=O) groups is 1. The summed E-state index contributed by atoms with van der Waals surface area (Å²) in [7, 11) is 1.26. The van der Waals surface area contributed by atoms with Crippen LogP contribution in [0.3, 0.4) is 0 Å². The molecule has 1 saturated heterocycles. The Bertz CT molecular complexity index is 553. The van der Waals surface area contributed by atoms with Crippen LogP contribution in [0.5, 0.6) is 0 Å². The van der Waals surface area contributed by atoms with Crippen molar-refractivity contribution in [2.75, 3.05) is 7.11 Å². The Morgan fingerprint density at radius 2 is 1.96 bits per heavy atom. The highest BCUT2D eigenvalue weighted by molar-refractivity contribution is 5.81. The number of aliphatic hydroxyl groups is 2. The van der Waals surface area contributed by atoms with Crippen LogP contribution in [0.1, 0.15) is 25.5 Å². The van der Waals surface area contributed by atoms with Crippen LogP contribution in [-0.4, -0.2) is 47.4 Å². The van der Waals surface area contributed by atoms with Crippen LogP contribution < -0.4 is 0 Å². The largest absolute Gasteiger partial charge is 0.466 e. The highest BCUT2D eigenvalue weighted by Gasteiger charge is 2.44. The van der Waals surface area contributed by atoms with E-state index in [1.807, 2.05) is 6.07 Å². The number of hydrogen-bond donors (Lipinski definition) is 2. The minimum Gasteiger partial charge on any atom is -0.466 e. The molecule has 0 amide bonds. The van der Waals surface area contributed by atoms with Gasteiger partial charge in [0.15, 0.2) is 5.79 Å². The van der Waals surface area contributed by atoms with Crippen LogP contribution in [0.4, 0.5) is 0 Å². The van der Waals surface area contributed by atoms with Gasteiger partial charge in [-0.25, -0.2) is 4.79 Å². The first-order valence-corrected chi connectivity index (χ1v) is 7.37. The first-order chi connectivity index (χ1) is 10.8. The van der Waals surface area contributed by atoms with E-state index in [9.17, 15) is 15.0 Å². The summed E-state index contributed by atoms with van der Waals surface area (Å²) in [6.45, 7) is 3.37. The number of aliphatic hydroxyl groups excluding tert-OH is 2. The Kier molecular flexibility index (Phi) is 5.54. The van der Waals surface area contributed by atoms with E-state index in [0.717, 1.165) is 0 Å². The summed E-state index contributed by atoms with van der Waals surface area (Å²) >= 11 is 0. The molecule has 6 nitrogen and oxygen atoms in total. The number of benzene rings is 1. The van der Waals surface area contributed by atoms with E-state index >= 15 is 0 Å². The van der Waals surface area contributed by atoms with Gasteiger partial charge in [-0.2, -0.15) is 0 Å². The molecule has 6 heteroatoms. The highest BCUT2D eigenvalue weighted by Crippen LogP contribution is 2.34. The van der Waals surface area contributed by atoms with Gasteiger partial charge in [0.05, 0.1) is 7.11 Å². The van der Waals surface area contributed by atoms with E-state index in [4.69, 9.17) is 9.47 Å². The molecular weight excluding hydrogens is 300 g/mol. The van der Waals surface area contributed by atoms with Gasteiger partial charge in [-0.1, -0.05) is 30.3 Å². The van der Waals surface area contributed by atoms with Crippen molar-refractivity contribution in [2.24, 2.45) is 0 Å². The summed E-state index contributed by atoms with van der Waals surface area (Å²) in [5.41, 5.74) is 0.630. The maximum absolute atomic E-state index is 11.2. The first-order valence-electron chi connectivity index (χ1n) is 7.37. The van der Waals surface area contributed by atoms with Gasteiger partial charge in [0.2, 0.25) is 0 Å². The van der Waals surface area contributed by atoms with Gasteiger partial charge in [-0.3, -0.25) is 0 Å². The van der Waals surface area contributed by atoms with Crippen LogP contribution in [0.15, 0.2) is 42.5 Å². The van der Waals surface area contributed by atoms with Crippen molar-refractivity contribution in [2.45, 2.75) is 44.1 Å². The molecule has 0 bridgehead atoms. The topological polar surface area (TPSA) is 85.2 Å². The van der Waals surface area contributed by atoms with E-state index in [1.54, 1.807) is 38.1 Å². The molecule has 1 aromatic rings. The lowest BCUT2D eigenvalue weighted by atomic mass is 9.95. The number of ether oxygens (including phenoxy) is 3. The van der Waals surface area contributed by atoms with Crippen LogP contribution >= 0.6 is 0 Å². The number of carbonyl (C=O) groups excluding carboxylic acids is 1. The number of esters is 1. The monoisotopic (exact) mass is 322 g/mol. The third kappa shape index (κ3) is 4.39.